The van der Waals surface area contributed by atoms with Crippen LogP contribution in [0.2, 0.25) is 0 Å². The van der Waals surface area contributed by atoms with Gasteiger partial charge in [-0.25, -0.2) is 0 Å². The summed E-state index contributed by atoms with van der Waals surface area (Å²) in [5.41, 5.74) is 0.949. The van der Waals surface area contributed by atoms with Crippen LogP contribution in [0.5, 0.6) is 17.2 Å². The first-order valence-corrected chi connectivity index (χ1v) is 8.12. The van der Waals surface area contributed by atoms with E-state index in [1.165, 1.54) is 0 Å². The van der Waals surface area contributed by atoms with Crippen molar-refractivity contribution in [1.29, 1.82) is 0 Å². The number of amides is 2. The second-order valence-electron chi connectivity index (χ2n) is 5.77. The maximum Gasteiger partial charge on any atom is 0.242 e. The van der Waals surface area contributed by atoms with Gasteiger partial charge < -0.3 is 20.1 Å². The third kappa shape index (κ3) is 4.29. The quantitative estimate of drug-likeness (QED) is 0.846. The van der Waals surface area contributed by atoms with Crippen molar-refractivity contribution >= 4 is 11.8 Å². The molecule has 1 unspecified atom stereocenters. The highest BCUT2D eigenvalue weighted by atomic mass is 16.5. The fourth-order valence-electron chi connectivity index (χ4n) is 2.63. The van der Waals surface area contributed by atoms with Gasteiger partial charge in [0, 0.05) is 13.0 Å². The minimum atomic E-state index is -0.416. The Morgan fingerprint density at radius 2 is 1.88 bits per heavy atom. The van der Waals surface area contributed by atoms with E-state index in [1.54, 1.807) is 7.11 Å². The summed E-state index contributed by atoms with van der Waals surface area (Å²) in [7, 11) is 1.60. The number of para-hydroxylation sites is 2. The normalized spacial score (nSPS) is 16.2. The SMILES string of the molecule is COc1ccccc1Oc1ccc(CNC(=O)C2CCC(=O)N2)cc1. The summed E-state index contributed by atoms with van der Waals surface area (Å²) in [4.78, 5) is 23.1. The van der Waals surface area contributed by atoms with E-state index in [0.29, 0.717) is 36.6 Å². The average Bonchev–Trinajstić information content (AvgIpc) is 3.08. The minimum absolute atomic E-state index is 0.0713. The monoisotopic (exact) mass is 340 g/mol. The first kappa shape index (κ1) is 16.8. The van der Waals surface area contributed by atoms with Crippen LogP contribution in [0, 0.1) is 0 Å². The molecular weight excluding hydrogens is 320 g/mol. The van der Waals surface area contributed by atoms with Crippen molar-refractivity contribution in [2.45, 2.75) is 25.4 Å². The minimum Gasteiger partial charge on any atom is -0.493 e. The van der Waals surface area contributed by atoms with Crippen LogP contribution in [-0.4, -0.2) is 25.0 Å². The van der Waals surface area contributed by atoms with Gasteiger partial charge in [0.1, 0.15) is 11.8 Å². The average molecular weight is 340 g/mol. The Morgan fingerprint density at radius 1 is 1.16 bits per heavy atom. The summed E-state index contributed by atoms with van der Waals surface area (Å²) >= 11 is 0. The lowest BCUT2D eigenvalue weighted by Gasteiger charge is -2.12. The molecule has 2 aromatic carbocycles. The van der Waals surface area contributed by atoms with Gasteiger partial charge in [-0.1, -0.05) is 24.3 Å². The molecule has 2 N–H and O–H groups in total. The van der Waals surface area contributed by atoms with Gasteiger partial charge in [-0.05, 0) is 36.2 Å². The lowest BCUT2D eigenvalue weighted by atomic mass is 10.2. The topological polar surface area (TPSA) is 76.7 Å². The number of methoxy groups -OCH3 is 1. The molecule has 2 aromatic rings. The highest BCUT2D eigenvalue weighted by Crippen LogP contribution is 2.30. The molecule has 6 nitrogen and oxygen atoms in total. The summed E-state index contributed by atoms with van der Waals surface area (Å²) in [6.45, 7) is 0.403. The third-order valence-corrected chi connectivity index (χ3v) is 4.00. The van der Waals surface area contributed by atoms with Gasteiger partial charge in [-0.2, -0.15) is 0 Å². The number of carbonyl (C=O) groups excluding carboxylic acids is 2. The molecule has 1 aliphatic heterocycles. The molecule has 25 heavy (non-hydrogen) atoms. The largest absolute Gasteiger partial charge is 0.493 e. The number of hydrogen-bond donors (Lipinski definition) is 2. The Morgan fingerprint density at radius 3 is 2.52 bits per heavy atom. The van der Waals surface area contributed by atoms with Crippen molar-refractivity contribution in [3.8, 4) is 17.2 Å². The van der Waals surface area contributed by atoms with Crippen LogP contribution in [0.15, 0.2) is 48.5 Å². The number of carbonyl (C=O) groups is 2. The van der Waals surface area contributed by atoms with Crippen LogP contribution >= 0.6 is 0 Å². The van der Waals surface area contributed by atoms with E-state index in [4.69, 9.17) is 9.47 Å². The summed E-state index contributed by atoms with van der Waals surface area (Å²) in [5, 5.41) is 5.49. The lowest BCUT2D eigenvalue weighted by molar-refractivity contribution is -0.125. The zero-order chi connectivity index (χ0) is 17.6. The van der Waals surface area contributed by atoms with E-state index >= 15 is 0 Å². The van der Waals surface area contributed by atoms with Gasteiger partial charge >= 0.3 is 0 Å². The molecule has 0 radical (unpaired) electrons. The van der Waals surface area contributed by atoms with Crippen LogP contribution in [0.4, 0.5) is 0 Å². The van der Waals surface area contributed by atoms with Gasteiger partial charge in [-0.15, -0.1) is 0 Å². The molecule has 1 aliphatic rings. The molecule has 0 saturated carbocycles. The van der Waals surface area contributed by atoms with E-state index in [-0.39, 0.29) is 11.8 Å². The molecule has 0 bridgehead atoms. The maximum atomic E-state index is 12.0. The second kappa shape index (κ2) is 7.70. The van der Waals surface area contributed by atoms with Crippen molar-refractivity contribution < 1.29 is 19.1 Å². The number of ether oxygens (including phenoxy) is 2. The van der Waals surface area contributed by atoms with Crippen molar-refractivity contribution in [2.75, 3.05) is 7.11 Å². The molecular formula is C19H20N2O4. The molecule has 0 aromatic heterocycles. The molecule has 1 atom stereocenters. The maximum absolute atomic E-state index is 12.0. The van der Waals surface area contributed by atoms with Crippen LogP contribution in [-0.2, 0) is 16.1 Å². The Bertz CT molecular complexity index is 758. The summed E-state index contributed by atoms with van der Waals surface area (Å²) in [6.07, 6.45) is 0.962. The number of nitrogens with one attached hydrogen (secondary N) is 2. The molecule has 1 saturated heterocycles. The molecule has 0 aliphatic carbocycles. The van der Waals surface area contributed by atoms with E-state index < -0.39 is 6.04 Å². The van der Waals surface area contributed by atoms with E-state index in [2.05, 4.69) is 10.6 Å². The first-order chi connectivity index (χ1) is 12.2. The predicted octanol–water partition coefficient (Wildman–Crippen LogP) is 2.38. The van der Waals surface area contributed by atoms with Crippen LogP contribution in [0.3, 0.4) is 0 Å². The molecule has 130 valence electrons. The Balaban J connectivity index is 1.55. The van der Waals surface area contributed by atoms with Gasteiger partial charge in [0.2, 0.25) is 11.8 Å². The zero-order valence-electron chi connectivity index (χ0n) is 14.0. The van der Waals surface area contributed by atoms with Crippen LogP contribution in [0.25, 0.3) is 0 Å². The first-order valence-electron chi connectivity index (χ1n) is 8.12. The van der Waals surface area contributed by atoms with Gasteiger partial charge in [0.05, 0.1) is 7.11 Å². The van der Waals surface area contributed by atoms with Crippen molar-refractivity contribution in [3.63, 3.8) is 0 Å². The molecule has 0 spiro atoms. The Hall–Kier alpha value is -3.02. The van der Waals surface area contributed by atoms with Crippen molar-refractivity contribution in [3.05, 3.63) is 54.1 Å². The smallest absolute Gasteiger partial charge is 0.242 e. The van der Waals surface area contributed by atoms with Crippen molar-refractivity contribution in [2.24, 2.45) is 0 Å². The lowest BCUT2D eigenvalue weighted by Crippen LogP contribution is -2.41. The highest BCUT2D eigenvalue weighted by Gasteiger charge is 2.26. The molecule has 2 amide bonds. The molecule has 1 heterocycles. The van der Waals surface area contributed by atoms with Gasteiger partial charge in [-0.3, -0.25) is 9.59 Å². The molecule has 6 heteroatoms. The van der Waals surface area contributed by atoms with Crippen LogP contribution < -0.4 is 20.1 Å². The summed E-state index contributed by atoms with van der Waals surface area (Å²) in [6, 6.07) is 14.5. The number of benzene rings is 2. The van der Waals surface area contributed by atoms with E-state index in [9.17, 15) is 9.59 Å². The number of hydrogen-bond acceptors (Lipinski definition) is 4. The second-order valence-corrected chi connectivity index (χ2v) is 5.77. The Labute approximate surface area is 146 Å². The standard InChI is InChI=1S/C19H20N2O4/c1-24-16-4-2-3-5-17(16)25-14-8-6-13(7-9-14)12-20-19(23)15-10-11-18(22)21-15/h2-9,15H,10-12H2,1H3,(H,20,23)(H,21,22). The zero-order valence-corrected chi connectivity index (χ0v) is 14.0. The highest BCUT2D eigenvalue weighted by molar-refractivity contribution is 5.90. The fourth-order valence-corrected chi connectivity index (χ4v) is 2.63. The summed E-state index contributed by atoms with van der Waals surface area (Å²) in [5.74, 6) is 1.77. The van der Waals surface area contributed by atoms with E-state index in [0.717, 1.165) is 5.56 Å². The Kier molecular flexibility index (Phi) is 5.18. The molecule has 1 fully saturated rings. The van der Waals surface area contributed by atoms with E-state index in [1.807, 2.05) is 48.5 Å². The molecule has 3 rings (SSSR count). The van der Waals surface area contributed by atoms with Gasteiger partial charge in [0.15, 0.2) is 11.5 Å². The van der Waals surface area contributed by atoms with Gasteiger partial charge in [0.25, 0.3) is 0 Å². The fraction of sp³-hybridized carbons (Fsp3) is 0.263. The van der Waals surface area contributed by atoms with Crippen molar-refractivity contribution in [1.82, 2.24) is 10.6 Å². The number of rotatable bonds is 6. The predicted molar refractivity (Wildman–Crippen MR) is 92.5 cm³/mol. The summed E-state index contributed by atoms with van der Waals surface area (Å²) < 4.78 is 11.1. The van der Waals surface area contributed by atoms with Crippen LogP contribution in [0.1, 0.15) is 18.4 Å². The third-order valence-electron chi connectivity index (χ3n) is 4.00.